The van der Waals surface area contributed by atoms with Crippen LogP contribution in [0.4, 0.5) is 0 Å². The van der Waals surface area contributed by atoms with Gasteiger partial charge in [-0.1, -0.05) is 6.58 Å². The molecule has 2 fully saturated rings. The summed E-state index contributed by atoms with van der Waals surface area (Å²) in [7, 11) is 1.60. The zero-order valence-electron chi connectivity index (χ0n) is 8.95. The van der Waals surface area contributed by atoms with Crippen LogP contribution in [0.3, 0.4) is 0 Å². The maximum Gasteiger partial charge on any atom is 0.269 e. The predicted molar refractivity (Wildman–Crippen MR) is 58.0 cm³/mol. The molecule has 4 nitrogen and oxygen atoms in total. The van der Waals surface area contributed by atoms with Crippen LogP contribution in [0.25, 0.3) is 0 Å². The molecule has 0 unspecified atom stereocenters. The first-order chi connectivity index (χ1) is 7.19. The molecule has 15 heavy (non-hydrogen) atoms. The van der Waals surface area contributed by atoms with Crippen molar-refractivity contribution in [3.8, 4) is 0 Å². The monoisotopic (exact) mass is 208 g/mol. The topological polar surface area (TPSA) is 50.7 Å². The molecule has 0 aromatic carbocycles. The van der Waals surface area contributed by atoms with Crippen molar-refractivity contribution in [1.82, 2.24) is 5.32 Å². The second-order valence-electron chi connectivity index (χ2n) is 4.38. The number of hydrogen-bond donors (Lipinski definition) is 1. The first kappa shape index (κ1) is 10.4. The summed E-state index contributed by atoms with van der Waals surface area (Å²) in [5.74, 6) is -0.118. The summed E-state index contributed by atoms with van der Waals surface area (Å²) in [5.41, 5.74) is 0.788. The van der Waals surface area contributed by atoms with E-state index in [-0.39, 0.29) is 11.9 Å². The number of hydrogen-bond acceptors (Lipinski definition) is 3. The van der Waals surface area contributed by atoms with Gasteiger partial charge in [0.25, 0.3) is 5.91 Å². The third-order valence-corrected chi connectivity index (χ3v) is 3.18. The molecular formula is C11H16N2O2. The van der Waals surface area contributed by atoms with Gasteiger partial charge >= 0.3 is 0 Å². The van der Waals surface area contributed by atoms with Gasteiger partial charge in [0.15, 0.2) is 0 Å². The summed E-state index contributed by atoms with van der Waals surface area (Å²) in [6, 6.07) is 0.290. The van der Waals surface area contributed by atoms with E-state index in [2.05, 4.69) is 16.9 Å². The highest BCUT2D eigenvalue weighted by molar-refractivity contribution is 6.43. The van der Waals surface area contributed by atoms with Crippen LogP contribution in [0.15, 0.2) is 17.6 Å². The third kappa shape index (κ3) is 1.81. The third-order valence-electron chi connectivity index (χ3n) is 3.18. The summed E-state index contributed by atoms with van der Waals surface area (Å²) in [4.78, 5) is 15.4. The Morgan fingerprint density at radius 1 is 1.60 bits per heavy atom. The van der Waals surface area contributed by atoms with Crippen LogP contribution in [0.5, 0.6) is 0 Å². The molecule has 0 radical (unpaired) electrons. The zero-order valence-corrected chi connectivity index (χ0v) is 8.95. The molecular weight excluding hydrogens is 192 g/mol. The van der Waals surface area contributed by atoms with Gasteiger partial charge in [-0.05, 0) is 18.9 Å². The van der Waals surface area contributed by atoms with Gasteiger partial charge in [-0.25, -0.2) is 0 Å². The van der Waals surface area contributed by atoms with E-state index in [0.29, 0.717) is 11.1 Å². The van der Waals surface area contributed by atoms with Crippen molar-refractivity contribution in [2.45, 2.75) is 18.9 Å². The van der Waals surface area contributed by atoms with Gasteiger partial charge in [-0.2, -0.15) is 0 Å². The SMILES string of the molecule is C=C/C(=N\C)C(=O)NC1CC2(COC2)C1. The smallest absolute Gasteiger partial charge is 0.269 e. The molecule has 2 aliphatic rings. The van der Waals surface area contributed by atoms with Crippen LogP contribution in [-0.4, -0.2) is 37.9 Å². The van der Waals surface area contributed by atoms with Gasteiger partial charge in [0.1, 0.15) is 5.71 Å². The number of amides is 1. The Morgan fingerprint density at radius 3 is 2.67 bits per heavy atom. The molecule has 0 aromatic rings. The minimum Gasteiger partial charge on any atom is -0.380 e. The van der Waals surface area contributed by atoms with Crippen molar-refractivity contribution in [1.29, 1.82) is 0 Å². The van der Waals surface area contributed by atoms with Crippen LogP contribution in [0.1, 0.15) is 12.8 Å². The summed E-state index contributed by atoms with van der Waals surface area (Å²) in [6.07, 6.45) is 3.55. The lowest BCUT2D eigenvalue weighted by atomic mass is 9.64. The number of nitrogens with one attached hydrogen (secondary N) is 1. The molecule has 1 aliphatic carbocycles. The van der Waals surface area contributed by atoms with E-state index < -0.39 is 0 Å². The van der Waals surface area contributed by atoms with Crippen molar-refractivity contribution in [2.75, 3.05) is 20.3 Å². The van der Waals surface area contributed by atoms with Crippen LogP contribution in [-0.2, 0) is 9.53 Å². The summed E-state index contributed by atoms with van der Waals surface area (Å²) in [5, 5.41) is 2.95. The van der Waals surface area contributed by atoms with Crippen molar-refractivity contribution in [3.63, 3.8) is 0 Å². The second kappa shape index (κ2) is 3.77. The van der Waals surface area contributed by atoms with Gasteiger partial charge in [-0.15, -0.1) is 0 Å². The Kier molecular flexibility index (Phi) is 2.61. The first-order valence-corrected chi connectivity index (χ1v) is 5.17. The highest BCUT2D eigenvalue weighted by Gasteiger charge is 2.50. The van der Waals surface area contributed by atoms with E-state index in [0.717, 1.165) is 26.1 Å². The fourth-order valence-electron chi connectivity index (χ4n) is 2.26. The normalized spacial score (nSPS) is 24.2. The Hall–Kier alpha value is -1.16. The van der Waals surface area contributed by atoms with Crippen LogP contribution in [0.2, 0.25) is 0 Å². The average Bonchev–Trinajstić information content (AvgIpc) is 2.09. The molecule has 1 N–H and O–H groups in total. The van der Waals surface area contributed by atoms with E-state index in [1.807, 2.05) is 0 Å². The number of rotatable bonds is 3. The van der Waals surface area contributed by atoms with Crippen LogP contribution < -0.4 is 5.32 Å². The largest absolute Gasteiger partial charge is 0.380 e. The second-order valence-corrected chi connectivity index (χ2v) is 4.38. The van der Waals surface area contributed by atoms with Crippen molar-refractivity contribution in [2.24, 2.45) is 10.4 Å². The molecule has 0 aromatic heterocycles. The Bertz CT molecular complexity index is 311. The van der Waals surface area contributed by atoms with Crippen molar-refractivity contribution >= 4 is 11.6 Å². The van der Waals surface area contributed by atoms with Crippen LogP contribution >= 0.6 is 0 Å². The first-order valence-electron chi connectivity index (χ1n) is 5.17. The van der Waals surface area contributed by atoms with Crippen molar-refractivity contribution in [3.05, 3.63) is 12.7 Å². The predicted octanol–water partition coefficient (Wildman–Crippen LogP) is 0.538. The number of nitrogens with zero attached hydrogens (tertiary/aromatic N) is 1. The molecule has 1 aliphatic heterocycles. The molecule has 1 spiro atoms. The molecule has 1 heterocycles. The minimum absolute atomic E-state index is 0.118. The number of aliphatic imine (C=N–C) groups is 1. The molecule has 1 saturated carbocycles. The molecule has 1 amide bonds. The summed E-state index contributed by atoms with van der Waals surface area (Å²) >= 11 is 0. The Morgan fingerprint density at radius 2 is 2.27 bits per heavy atom. The quantitative estimate of drug-likeness (QED) is 0.688. The van der Waals surface area contributed by atoms with Gasteiger partial charge in [0.2, 0.25) is 0 Å². The van der Waals surface area contributed by atoms with E-state index in [9.17, 15) is 4.79 Å². The molecule has 2 rings (SSSR count). The molecule has 1 saturated heterocycles. The zero-order chi connectivity index (χ0) is 10.9. The van der Waals surface area contributed by atoms with Gasteiger partial charge in [0.05, 0.1) is 13.2 Å². The maximum absolute atomic E-state index is 11.6. The van der Waals surface area contributed by atoms with E-state index in [1.165, 1.54) is 6.08 Å². The van der Waals surface area contributed by atoms with Crippen LogP contribution in [0, 0.1) is 5.41 Å². The van der Waals surface area contributed by atoms with E-state index >= 15 is 0 Å². The lowest BCUT2D eigenvalue weighted by molar-refractivity contribution is -0.168. The fraction of sp³-hybridized carbons (Fsp3) is 0.636. The molecule has 0 bridgehead atoms. The summed E-state index contributed by atoms with van der Waals surface area (Å²) in [6.45, 7) is 5.26. The summed E-state index contributed by atoms with van der Waals surface area (Å²) < 4.78 is 5.17. The van der Waals surface area contributed by atoms with Gasteiger partial charge in [-0.3, -0.25) is 9.79 Å². The number of ether oxygens (including phenoxy) is 1. The highest BCUT2D eigenvalue weighted by atomic mass is 16.5. The maximum atomic E-state index is 11.6. The van der Waals surface area contributed by atoms with E-state index in [4.69, 9.17) is 4.74 Å². The fourth-order valence-corrected chi connectivity index (χ4v) is 2.26. The van der Waals surface area contributed by atoms with E-state index in [1.54, 1.807) is 7.05 Å². The lowest BCUT2D eigenvalue weighted by Gasteiger charge is -2.53. The lowest BCUT2D eigenvalue weighted by Crippen LogP contribution is -2.60. The number of carbonyl (C=O) groups is 1. The molecule has 82 valence electrons. The highest BCUT2D eigenvalue weighted by Crippen LogP contribution is 2.46. The standard InChI is InChI=1S/C11H16N2O2/c1-3-9(12-2)10(14)13-8-4-11(5-8)6-15-7-11/h3,8H,1,4-7H2,2H3,(H,13,14)/b12-9+. The Balaban J connectivity index is 1.79. The average molecular weight is 208 g/mol. The minimum atomic E-state index is -0.118. The van der Waals surface area contributed by atoms with Crippen molar-refractivity contribution < 1.29 is 9.53 Å². The number of carbonyl (C=O) groups excluding carboxylic acids is 1. The Labute approximate surface area is 89.4 Å². The van der Waals surface area contributed by atoms with Gasteiger partial charge in [0, 0.05) is 18.5 Å². The molecule has 0 atom stereocenters. The van der Waals surface area contributed by atoms with Gasteiger partial charge < -0.3 is 10.1 Å². The molecule has 4 heteroatoms.